The molecule has 0 aromatic carbocycles. The van der Waals surface area contributed by atoms with Crippen LogP contribution in [-0.2, 0) is 20.7 Å². The van der Waals surface area contributed by atoms with Crippen molar-refractivity contribution in [2.24, 2.45) is 5.73 Å². The molecule has 0 saturated carbocycles. The fourth-order valence-corrected chi connectivity index (χ4v) is 1.58. The molecule has 0 fully saturated rings. The second-order valence-electron chi connectivity index (χ2n) is 4.08. The third-order valence-electron chi connectivity index (χ3n) is 2.69. The molecular weight excluding hydrogens is 260 g/mol. The molecule has 0 aliphatic carbocycles. The number of ether oxygens (including phenoxy) is 1. The van der Waals surface area contributed by atoms with E-state index in [0.717, 1.165) is 0 Å². The molecule has 0 radical (unpaired) electrons. The van der Waals surface area contributed by atoms with E-state index >= 15 is 0 Å². The van der Waals surface area contributed by atoms with E-state index in [1.807, 2.05) is 0 Å². The molecule has 0 unspecified atom stereocenters. The zero-order chi connectivity index (χ0) is 14.7. The molecule has 1 aromatic heterocycles. The summed E-state index contributed by atoms with van der Waals surface area (Å²) in [6.45, 7) is 1.52. The maximum atomic E-state index is 12.6. The SMILES string of the molecule is Cc1nn(C(F)F)c(C)c1CC(=O)O[C@H](C)C(N)=O. The monoisotopic (exact) mass is 275 g/mol. The van der Waals surface area contributed by atoms with E-state index in [1.54, 1.807) is 0 Å². The average molecular weight is 275 g/mol. The Hall–Kier alpha value is -1.99. The zero-order valence-electron chi connectivity index (χ0n) is 10.8. The largest absolute Gasteiger partial charge is 0.452 e. The molecule has 0 spiro atoms. The molecular formula is C11H15F2N3O3. The van der Waals surface area contributed by atoms with Gasteiger partial charge in [-0.25, -0.2) is 4.68 Å². The summed E-state index contributed by atoms with van der Waals surface area (Å²) < 4.78 is 30.5. The lowest BCUT2D eigenvalue weighted by molar-refractivity contribution is -0.153. The molecule has 1 heterocycles. The normalized spacial score (nSPS) is 12.5. The number of carbonyl (C=O) groups is 2. The fraction of sp³-hybridized carbons (Fsp3) is 0.545. The first kappa shape index (κ1) is 15.1. The Morgan fingerprint density at radius 1 is 1.42 bits per heavy atom. The highest BCUT2D eigenvalue weighted by molar-refractivity contribution is 5.82. The molecule has 19 heavy (non-hydrogen) atoms. The Morgan fingerprint density at radius 2 is 2.00 bits per heavy atom. The zero-order valence-corrected chi connectivity index (χ0v) is 10.8. The van der Waals surface area contributed by atoms with Gasteiger partial charge in [0.2, 0.25) is 0 Å². The number of carbonyl (C=O) groups excluding carboxylic acids is 2. The van der Waals surface area contributed by atoms with E-state index in [-0.39, 0.29) is 12.1 Å². The van der Waals surface area contributed by atoms with Crippen LogP contribution in [0.15, 0.2) is 0 Å². The van der Waals surface area contributed by atoms with Gasteiger partial charge in [-0.3, -0.25) is 9.59 Å². The van der Waals surface area contributed by atoms with Crippen LogP contribution in [0.3, 0.4) is 0 Å². The van der Waals surface area contributed by atoms with Crippen molar-refractivity contribution in [2.45, 2.75) is 39.8 Å². The van der Waals surface area contributed by atoms with Crippen molar-refractivity contribution >= 4 is 11.9 Å². The van der Waals surface area contributed by atoms with Crippen LogP contribution in [0.1, 0.15) is 30.4 Å². The third-order valence-corrected chi connectivity index (χ3v) is 2.69. The summed E-state index contributed by atoms with van der Waals surface area (Å²) in [5.74, 6) is -1.49. The number of nitrogens with two attached hydrogens (primary N) is 1. The van der Waals surface area contributed by atoms with E-state index < -0.39 is 24.5 Å². The number of aryl methyl sites for hydroxylation is 1. The highest BCUT2D eigenvalue weighted by Gasteiger charge is 2.21. The Balaban J connectivity index is 2.83. The third kappa shape index (κ3) is 3.49. The lowest BCUT2D eigenvalue weighted by Crippen LogP contribution is -2.31. The van der Waals surface area contributed by atoms with Crippen LogP contribution < -0.4 is 5.73 Å². The quantitative estimate of drug-likeness (QED) is 0.807. The van der Waals surface area contributed by atoms with Crippen molar-refractivity contribution in [3.63, 3.8) is 0 Å². The number of alkyl halides is 2. The molecule has 1 amide bonds. The van der Waals surface area contributed by atoms with E-state index in [1.165, 1.54) is 20.8 Å². The van der Waals surface area contributed by atoms with Crippen LogP contribution in [0.5, 0.6) is 0 Å². The minimum Gasteiger partial charge on any atom is -0.452 e. The number of nitrogens with zero attached hydrogens (tertiary/aromatic N) is 2. The van der Waals surface area contributed by atoms with Crippen LogP contribution in [-0.4, -0.2) is 27.8 Å². The molecule has 8 heteroatoms. The van der Waals surface area contributed by atoms with Crippen molar-refractivity contribution in [2.75, 3.05) is 0 Å². The summed E-state index contributed by atoms with van der Waals surface area (Å²) in [4.78, 5) is 22.3. The van der Waals surface area contributed by atoms with Crippen LogP contribution in [0, 0.1) is 13.8 Å². The Labute approximate surface area is 108 Å². The number of halogens is 2. The van der Waals surface area contributed by atoms with E-state index in [4.69, 9.17) is 10.5 Å². The number of rotatable bonds is 5. The summed E-state index contributed by atoms with van der Waals surface area (Å²) in [6, 6.07) is 0. The van der Waals surface area contributed by atoms with E-state index in [9.17, 15) is 18.4 Å². The lowest BCUT2D eigenvalue weighted by Gasteiger charge is -2.09. The minimum atomic E-state index is -2.77. The van der Waals surface area contributed by atoms with Gasteiger partial charge in [0.25, 0.3) is 5.91 Å². The number of hydrogen-bond acceptors (Lipinski definition) is 4. The van der Waals surface area contributed by atoms with Crippen molar-refractivity contribution < 1.29 is 23.1 Å². The van der Waals surface area contributed by atoms with Gasteiger partial charge < -0.3 is 10.5 Å². The summed E-state index contributed by atoms with van der Waals surface area (Å²) >= 11 is 0. The van der Waals surface area contributed by atoms with Crippen molar-refractivity contribution in [1.29, 1.82) is 0 Å². The van der Waals surface area contributed by atoms with Gasteiger partial charge in [-0.15, -0.1) is 0 Å². The Morgan fingerprint density at radius 3 is 2.42 bits per heavy atom. The smallest absolute Gasteiger partial charge is 0.333 e. The molecule has 0 aliphatic heterocycles. The number of aromatic nitrogens is 2. The van der Waals surface area contributed by atoms with Gasteiger partial charge in [0.05, 0.1) is 12.1 Å². The molecule has 1 aromatic rings. The first-order valence-electron chi connectivity index (χ1n) is 5.55. The number of esters is 1. The number of amides is 1. The van der Waals surface area contributed by atoms with Crippen LogP contribution in [0.2, 0.25) is 0 Å². The van der Waals surface area contributed by atoms with Gasteiger partial charge in [0.15, 0.2) is 6.10 Å². The molecule has 0 aliphatic rings. The molecule has 106 valence electrons. The van der Waals surface area contributed by atoms with Crippen molar-refractivity contribution in [3.8, 4) is 0 Å². The molecule has 1 atom stereocenters. The van der Waals surface area contributed by atoms with Gasteiger partial charge in [-0.2, -0.15) is 13.9 Å². The van der Waals surface area contributed by atoms with Gasteiger partial charge in [-0.05, 0) is 20.8 Å². The molecule has 1 rings (SSSR count). The molecule has 0 bridgehead atoms. The van der Waals surface area contributed by atoms with E-state index in [2.05, 4.69) is 5.10 Å². The van der Waals surface area contributed by atoms with Crippen LogP contribution >= 0.6 is 0 Å². The van der Waals surface area contributed by atoms with E-state index in [0.29, 0.717) is 15.9 Å². The van der Waals surface area contributed by atoms with Gasteiger partial charge in [0, 0.05) is 11.3 Å². The predicted octanol–water partition coefficient (Wildman–Crippen LogP) is 0.855. The number of primary amides is 1. The van der Waals surface area contributed by atoms with Crippen molar-refractivity contribution in [3.05, 3.63) is 17.0 Å². The molecule has 6 nitrogen and oxygen atoms in total. The first-order valence-corrected chi connectivity index (χ1v) is 5.55. The molecule has 2 N–H and O–H groups in total. The van der Waals surface area contributed by atoms with Gasteiger partial charge in [0.1, 0.15) is 0 Å². The Bertz CT molecular complexity index is 500. The second kappa shape index (κ2) is 5.77. The maximum absolute atomic E-state index is 12.6. The fourth-order valence-electron chi connectivity index (χ4n) is 1.58. The highest BCUT2D eigenvalue weighted by Crippen LogP contribution is 2.20. The Kier molecular flexibility index (Phi) is 4.57. The summed E-state index contributed by atoms with van der Waals surface area (Å²) in [5, 5.41) is 3.64. The summed E-state index contributed by atoms with van der Waals surface area (Å²) in [5.41, 5.74) is 5.82. The number of hydrogen-bond donors (Lipinski definition) is 1. The second-order valence-corrected chi connectivity index (χ2v) is 4.08. The van der Waals surface area contributed by atoms with Crippen LogP contribution in [0.4, 0.5) is 8.78 Å². The van der Waals surface area contributed by atoms with Crippen LogP contribution in [0.25, 0.3) is 0 Å². The summed E-state index contributed by atoms with van der Waals surface area (Å²) in [6.07, 6.45) is -1.29. The maximum Gasteiger partial charge on any atom is 0.333 e. The first-order chi connectivity index (χ1) is 8.73. The standard InChI is InChI=1S/C11H15F2N3O3/c1-5-8(6(2)16(15-5)11(12)13)4-9(17)19-7(3)10(14)18/h7,11H,4H2,1-3H3,(H2,14,18)/t7-/m1/s1. The minimum absolute atomic E-state index is 0.191. The van der Waals surface area contributed by atoms with Crippen molar-refractivity contribution in [1.82, 2.24) is 9.78 Å². The highest BCUT2D eigenvalue weighted by atomic mass is 19.3. The molecule has 0 saturated heterocycles. The summed E-state index contributed by atoms with van der Waals surface area (Å²) in [7, 11) is 0. The predicted molar refractivity (Wildman–Crippen MR) is 61.4 cm³/mol. The van der Waals surface area contributed by atoms with Gasteiger partial charge >= 0.3 is 12.5 Å². The van der Waals surface area contributed by atoms with Gasteiger partial charge in [-0.1, -0.05) is 0 Å². The lowest BCUT2D eigenvalue weighted by atomic mass is 10.1. The topological polar surface area (TPSA) is 87.2 Å². The average Bonchev–Trinajstić information content (AvgIpc) is 2.56.